The molecule has 2 heterocycles. The maximum absolute atomic E-state index is 11.7. The summed E-state index contributed by atoms with van der Waals surface area (Å²) in [6, 6.07) is 0. The van der Waals surface area contributed by atoms with Gasteiger partial charge in [-0.25, -0.2) is 0 Å². The average Bonchev–Trinajstić information content (AvgIpc) is 2.87. The quantitative estimate of drug-likeness (QED) is 0.729. The van der Waals surface area contributed by atoms with Crippen molar-refractivity contribution in [3.05, 3.63) is 29.0 Å². The summed E-state index contributed by atoms with van der Waals surface area (Å²) in [7, 11) is 0. The van der Waals surface area contributed by atoms with Crippen molar-refractivity contribution in [1.29, 1.82) is 0 Å². The van der Waals surface area contributed by atoms with E-state index in [1.807, 2.05) is 13.1 Å². The number of nitrogens with zero attached hydrogens (tertiary/aromatic N) is 4. The Morgan fingerprint density at radius 1 is 1.53 bits per heavy atom. The monoisotopic (exact) mass is 222 g/mol. The fourth-order valence-electron chi connectivity index (χ4n) is 1.23. The first-order valence-corrected chi connectivity index (χ1v) is 5.39. The van der Waals surface area contributed by atoms with Crippen molar-refractivity contribution < 1.29 is 4.79 Å². The summed E-state index contributed by atoms with van der Waals surface area (Å²) in [5.74, 6) is 0.0423. The molecule has 0 saturated heterocycles. The highest BCUT2D eigenvalue weighted by Gasteiger charge is 2.10. The van der Waals surface area contributed by atoms with Crippen molar-refractivity contribution in [2.24, 2.45) is 0 Å². The third kappa shape index (κ3) is 2.27. The number of carbonyl (C=O) groups is 1. The predicted molar refractivity (Wildman–Crippen MR) is 55.8 cm³/mol. The average molecular weight is 222 g/mol. The molecule has 0 unspecified atom stereocenters. The van der Waals surface area contributed by atoms with Crippen molar-refractivity contribution in [3.63, 3.8) is 0 Å². The molecule has 6 heteroatoms. The summed E-state index contributed by atoms with van der Waals surface area (Å²) in [4.78, 5) is 12.3. The number of carbonyl (C=O) groups excluding carboxylic acids is 1. The van der Waals surface area contributed by atoms with Crippen LogP contribution in [0.4, 0.5) is 0 Å². The molecule has 5 nitrogen and oxygen atoms in total. The summed E-state index contributed by atoms with van der Waals surface area (Å²) in [6.07, 6.45) is 5.46. The van der Waals surface area contributed by atoms with E-state index in [1.54, 1.807) is 10.9 Å². The van der Waals surface area contributed by atoms with E-state index in [0.717, 1.165) is 23.6 Å². The van der Waals surface area contributed by atoms with Gasteiger partial charge in [0.15, 0.2) is 5.78 Å². The zero-order chi connectivity index (χ0) is 10.7. The first-order valence-electron chi connectivity index (χ1n) is 4.61. The summed E-state index contributed by atoms with van der Waals surface area (Å²) in [5.41, 5.74) is 0.926. The fraction of sp³-hybridized carbons (Fsp3) is 0.333. The minimum atomic E-state index is 0.0423. The molecule has 0 aliphatic heterocycles. The Kier molecular flexibility index (Phi) is 2.86. The standard InChI is InChI=1S/C9H10N4OS/c1-2-13-6-7(4-11-13)3-8(14)9-5-10-12-15-9/h4-6H,2-3H2,1H3. The molecule has 0 N–H and O–H groups in total. The molecule has 0 aliphatic carbocycles. The largest absolute Gasteiger partial charge is 0.293 e. The number of Topliss-reactive ketones (excluding diaryl/α,β-unsaturated/α-hetero) is 1. The van der Waals surface area contributed by atoms with Gasteiger partial charge in [-0.1, -0.05) is 4.49 Å². The minimum Gasteiger partial charge on any atom is -0.293 e. The lowest BCUT2D eigenvalue weighted by Gasteiger charge is -1.93. The Bertz CT molecular complexity index is 448. The molecule has 0 radical (unpaired) electrons. The molecular formula is C9H10N4OS. The highest BCUT2D eigenvalue weighted by atomic mass is 32.1. The maximum Gasteiger partial charge on any atom is 0.180 e. The van der Waals surface area contributed by atoms with Crippen LogP contribution < -0.4 is 0 Å². The van der Waals surface area contributed by atoms with Gasteiger partial charge in [0.1, 0.15) is 4.88 Å². The van der Waals surface area contributed by atoms with E-state index in [0.29, 0.717) is 11.3 Å². The number of aromatic nitrogens is 4. The summed E-state index contributed by atoms with van der Waals surface area (Å²) >= 11 is 1.12. The normalized spacial score (nSPS) is 10.5. The highest BCUT2D eigenvalue weighted by Crippen LogP contribution is 2.08. The van der Waals surface area contributed by atoms with Gasteiger partial charge in [0.2, 0.25) is 0 Å². The lowest BCUT2D eigenvalue weighted by atomic mass is 10.2. The first kappa shape index (κ1) is 9.97. The lowest BCUT2D eigenvalue weighted by Crippen LogP contribution is -2.00. The van der Waals surface area contributed by atoms with E-state index >= 15 is 0 Å². The SMILES string of the molecule is CCn1cc(CC(=O)c2cnns2)cn1. The van der Waals surface area contributed by atoms with Gasteiger partial charge in [-0.3, -0.25) is 9.48 Å². The smallest absolute Gasteiger partial charge is 0.180 e. The van der Waals surface area contributed by atoms with Crippen molar-refractivity contribution in [3.8, 4) is 0 Å². The highest BCUT2D eigenvalue weighted by molar-refractivity contribution is 7.07. The minimum absolute atomic E-state index is 0.0423. The second-order valence-corrected chi connectivity index (χ2v) is 3.87. The van der Waals surface area contributed by atoms with Crippen molar-refractivity contribution in [2.45, 2.75) is 19.9 Å². The van der Waals surface area contributed by atoms with E-state index in [2.05, 4.69) is 14.7 Å². The van der Waals surface area contributed by atoms with Crippen LogP contribution in [0, 0.1) is 0 Å². The molecule has 2 aromatic rings. The Morgan fingerprint density at radius 2 is 2.40 bits per heavy atom. The Balaban J connectivity index is 2.06. The van der Waals surface area contributed by atoms with E-state index in [9.17, 15) is 4.79 Å². The molecular weight excluding hydrogens is 212 g/mol. The topological polar surface area (TPSA) is 60.7 Å². The molecule has 0 fully saturated rings. The van der Waals surface area contributed by atoms with Gasteiger partial charge in [0.05, 0.1) is 12.4 Å². The van der Waals surface area contributed by atoms with E-state index < -0.39 is 0 Å². The van der Waals surface area contributed by atoms with Crippen LogP contribution in [0.25, 0.3) is 0 Å². The van der Waals surface area contributed by atoms with Crippen LogP contribution in [0.2, 0.25) is 0 Å². The van der Waals surface area contributed by atoms with Gasteiger partial charge < -0.3 is 0 Å². The van der Waals surface area contributed by atoms with Gasteiger partial charge in [-0.2, -0.15) is 5.10 Å². The van der Waals surface area contributed by atoms with Gasteiger partial charge in [0.25, 0.3) is 0 Å². The molecule has 0 saturated carbocycles. The zero-order valence-corrected chi connectivity index (χ0v) is 9.07. The van der Waals surface area contributed by atoms with Crippen molar-refractivity contribution >= 4 is 17.3 Å². The van der Waals surface area contributed by atoms with Crippen LogP contribution in [-0.4, -0.2) is 25.2 Å². The predicted octanol–water partition coefficient (Wildman–Crippen LogP) is 1.18. The summed E-state index contributed by atoms with van der Waals surface area (Å²) < 4.78 is 5.46. The Morgan fingerprint density at radius 3 is 3.00 bits per heavy atom. The molecule has 78 valence electrons. The van der Waals surface area contributed by atoms with Crippen LogP contribution in [-0.2, 0) is 13.0 Å². The molecule has 0 aliphatic rings. The molecule has 15 heavy (non-hydrogen) atoms. The number of ketones is 1. The van der Waals surface area contributed by atoms with Crippen molar-refractivity contribution in [2.75, 3.05) is 0 Å². The second kappa shape index (κ2) is 4.31. The summed E-state index contributed by atoms with van der Waals surface area (Å²) in [5, 5.41) is 7.74. The molecule has 2 rings (SSSR count). The van der Waals surface area contributed by atoms with Crippen LogP contribution in [0.1, 0.15) is 22.2 Å². The van der Waals surface area contributed by atoms with E-state index in [-0.39, 0.29) is 5.78 Å². The second-order valence-electron chi connectivity index (χ2n) is 3.09. The van der Waals surface area contributed by atoms with Crippen LogP contribution in [0.15, 0.2) is 18.6 Å². The maximum atomic E-state index is 11.7. The molecule has 0 aromatic carbocycles. The molecule has 2 aromatic heterocycles. The van der Waals surface area contributed by atoms with Gasteiger partial charge >= 0.3 is 0 Å². The van der Waals surface area contributed by atoms with Crippen LogP contribution in [0.5, 0.6) is 0 Å². The molecule has 0 amide bonds. The van der Waals surface area contributed by atoms with Gasteiger partial charge in [0, 0.05) is 19.2 Å². The Labute approximate surface area is 90.9 Å². The van der Waals surface area contributed by atoms with E-state index in [1.165, 1.54) is 6.20 Å². The van der Waals surface area contributed by atoms with Gasteiger partial charge in [-0.15, -0.1) is 5.10 Å². The van der Waals surface area contributed by atoms with E-state index in [4.69, 9.17) is 0 Å². The number of aryl methyl sites for hydroxylation is 1. The number of hydrogen-bond donors (Lipinski definition) is 0. The molecule has 0 bridgehead atoms. The number of rotatable bonds is 4. The van der Waals surface area contributed by atoms with Crippen LogP contribution in [0.3, 0.4) is 0 Å². The number of hydrogen-bond acceptors (Lipinski definition) is 5. The lowest BCUT2D eigenvalue weighted by molar-refractivity contribution is 0.0996. The first-order chi connectivity index (χ1) is 7.29. The fourth-order valence-corrected chi connectivity index (χ4v) is 1.68. The summed E-state index contributed by atoms with van der Waals surface area (Å²) in [6.45, 7) is 2.82. The Hall–Kier alpha value is -1.56. The van der Waals surface area contributed by atoms with Crippen molar-refractivity contribution in [1.82, 2.24) is 19.4 Å². The molecule has 0 spiro atoms. The third-order valence-electron chi connectivity index (χ3n) is 2.01. The molecule has 0 atom stereocenters. The zero-order valence-electron chi connectivity index (χ0n) is 8.25. The van der Waals surface area contributed by atoms with Crippen LogP contribution >= 0.6 is 11.5 Å². The van der Waals surface area contributed by atoms with Gasteiger partial charge in [-0.05, 0) is 24.0 Å². The third-order valence-corrected chi connectivity index (χ3v) is 2.72.